The molecule has 0 bridgehead atoms. The highest BCUT2D eigenvalue weighted by Gasteiger charge is 2.19. The van der Waals surface area contributed by atoms with Crippen LogP contribution in [-0.4, -0.2) is 39.3 Å². The van der Waals surface area contributed by atoms with Crippen molar-refractivity contribution < 1.29 is 4.39 Å². The molecule has 15 aromatic carbocycles. The molecule has 0 saturated carbocycles. The van der Waals surface area contributed by atoms with Crippen LogP contribution in [0, 0.1) is 40.4 Å². The molecule has 0 unspecified atom stereocenters. The van der Waals surface area contributed by atoms with Gasteiger partial charge in [-0.15, -0.1) is 51.1 Å². The van der Waals surface area contributed by atoms with Gasteiger partial charge in [0.25, 0.3) is 0 Å². The van der Waals surface area contributed by atoms with Gasteiger partial charge in [0.1, 0.15) is 20.7 Å². The molecule has 0 atom stereocenters. The molecule has 3 aromatic heterocycles. The van der Waals surface area contributed by atoms with Crippen molar-refractivity contribution in [2.75, 3.05) is 54.0 Å². The van der Waals surface area contributed by atoms with Crippen LogP contribution in [0.15, 0.2) is 401 Å². The van der Waals surface area contributed by atoms with Gasteiger partial charge in [-0.05, 0) is 294 Å². The van der Waals surface area contributed by atoms with Crippen LogP contribution in [0.5, 0.6) is 0 Å². The maximum atomic E-state index is 14.9. The molecule has 0 aliphatic carbocycles. The maximum Gasteiger partial charge on any atom is 0.152 e. The number of hydrogen-bond donors (Lipinski definition) is 0. The van der Waals surface area contributed by atoms with Gasteiger partial charge in [0, 0.05) is 77.7 Å². The lowest BCUT2D eigenvalue weighted by atomic mass is 10.1. The Bertz CT molecular complexity index is 6980. The van der Waals surface area contributed by atoms with E-state index in [1.165, 1.54) is 106 Å². The summed E-state index contributed by atoms with van der Waals surface area (Å²) in [5.74, 6) is -0.524. The third-order valence-corrected chi connectivity index (χ3v) is 27.1. The van der Waals surface area contributed by atoms with E-state index in [2.05, 4.69) is 243 Å². The second kappa shape index (κ2) is 42.1. The predicted molar refractivity (Wildman–Crippen MR) is 555 cm³/mol. The van der Waals surface area contributed by atoms with Crippen molar-refractivity contribution in [3.05, 3.63) is 343 Å². The van der Waals surface area contributed by atoms with E-state index in [9.17, 15) is 4.39 Å². The van der Waals surface area contributed by atoms with E-state index in [4.69, 9.17) is 0 Å². The zero-order chi connectivity index (χ0) is 91.8. The van der Waals surface area contributed by atoms with Crippen LogP contribution in [-0.2, 0) is 0 Å². The first-order valence-electron chi connectivity index (χ1n) is 45.6. The van der Waals surface area contributed by atoms with Gasteiger partial charge in [-0.1, -0.05) is 196 Å². The summed E-state index contributed by atoms with van der Waals surface area (Å²) in [7, 11) is 0. The van der Waals surface area contributed by atoms with Gasteiger partial charge < -0.3 is 14.7 Å². The summed E-state index contributed by atoms with van der Waals surface area (Å²) in [6.07, 6.45) is 11.5. The average molecular weight is 1830 g/mol. The highest BCUT2D eigenvalue weighted by Crippen LogP contribution is 2.45. The van der Waals surface area contributed by atoms with Gasteiger partial charge in [0.2, 0.25) is 0 Å². The van der Waals surface area contributed by atoms with E-state index < -0.39 is 5.82 Å². The van der Waals surface area contributed by atoms with Crippen molar-refractivity contribution in [3.8, 4) is 0 Å². The van der Waals surface area contributed by atoms with E-state index in [0.717, 1.165) is 182 Å². The van der Waals surface area contributed by atoms with Crippen molar-refractivity contribution in [3.63, 3.8) is 0 Å². The lowest BCUT2D eigenvalue weighted by molar-refractivity contribution is 0.580. The van der Waals surface area contributed by atoms with E-state index in [0.29, 0.717) is 17.1 Å². The smallest absolute Gasteiger partial charge is 0.152 e. The molecule has 3 saturated heterocycles. The molecule has 3 aliphatic rings. The Morgan fingerprint density at radius 2 is 0.430 bits per heavy atom. The summed E-state index contributed by atoms with van der Waals surface area (Å²) in [5, 5.41) is 100. The number of halogens is 1. The Morgan fingerprint density at radius 3 is 0.719 bits per heavy atom. The Hall–Kier alpha value is -15.3. The van der Waals surface area contributed by atoms with Crippen LogP contribution < -0.4 is 14.7 Å². The summed E-state index contributed by atoms with van der Waals surface area (Å²) >= 11 is 5.06. The zero-order valence-corrected chi connectivity index (χ0v) is 78.0. The van der Waals surface area contributed by atoms with Gasteiger partial charge in [0.15, 0.2) is 5.82 Å². The third kappa shape index (κ3) is 22.2. The Kier molecular flexibility index (Phi) is 27.7. The molecule has 3 aliphatic heterocycles. The van der Waals surface area contributed by atoms with E-state index in [-0.39, 0.29) is 5.69 Å². The number of rotatable bonds is 21. The summed E-state index contributed by atoms with van der Waals surface area (Å²) in [4.78, 5) is 7.33. The molecule has 25 heteroatoms. The minimum Gasteiger partial charge on any atom is -0.363 e. The fourth-order valence-electron chi connectivity index (χ4n) is 16.8. The molecule has 135 heavy (non-hydrogen) atoms. The van der Waals surface area contributed by atoms with Gasteiger partial charge in [-0.3, -0.25) is 0 Å². The molecule has 18 aromatic rings. The fraction of sp³-hybridized carbons (Fsp3) is 0.182. The first-order chi connectivity index (χ1) is 66.3. The van der Waals surface area contributed by atoms with Crippen LogP contribution in [0.1, 0.15) is 85.6 Å². The van der Waals surface area contributed by atoms with Crippen molar-refractivity contribution in [2.24, 2.45) is 92.1 Å². The van der Waals surface area contributed by atoms with Crippen molar-refractivity contribution >= 4 is 214 Å². The third-order valence-electron chi connectivity index (χ3n) is 24.0. The van der Waals surface area contributed by atoms with Gasteiger partial charge in [-0.25, -0.2) is 4.39 Å². The molecular formula is C110H96FN21S3. The van der Waals surface area contributed by atoms with Crippen LogP contribution in [0.25, 0.3) is 64.6 Å². The SMILES string of the molecule is Cc1ccc2cc(N=Nc3ccc(N=Nc4ccc(N=Nc5ccc(N6CCCCC6)s5)c5ccccc45)cc3C)ccc2c1.Cc1ccc2cc(N=Nc3ccc(N=Nc4ccc(N=Nc5ccc(N6CCCCC6)s5)c5ccccc45)cc3C)ccc2c1.Cc1ccc2cc(N=Nc3ccc(N=Nc4ccc(N=Nc5ccc(N6CCCCC6)s5)c5ccccc45)cc3F)ccc2c1. The van der Waals surface area contributed by atoms with Crippen LogP contribution in [0.4, 0.5) is 120 Å². The lowest BCUT2D eigenvalue weighted by Crippen LogP contribution is -2.28. The lowest BCUT2D eigenvalue weighted by Gasteiger charge is -2.26. The van der Waals surface area contributed by atoms with Gasteiger partial charge in [-0.2, -0.15) is 40.9 Å². The van der Waals surface area contributed by atoms with E-state index in [1.54, 1.807) is 46.1 Å². The number of thiophene rings is 3. The average Bonchev–Trinajstić information content (AvgIpc) is 1.81. The first-order valence-corrected chi connectivity index (χ1v) is 48.1. The number of piperidine rings is 3. The second-order valence-corrected chi connectivity index (χ2v) is 37.0. The first kappa shape index (κ1) is 88.9. The molecule has 6 heterocycles. The number of azo groups is 9. The standard InChI is InChI=1S/2C37H33N7S.C36H30FN7S/c2*1-25-10-11-28-24-30(13-12-27(28)22-25)39-40-33-15-14-29(23-26(33)2)38-41-34-16-17-35(32-9-5-4-8-31(32)34)42-43-36-18-19-37(45-36)44-20-6-3-7-21-44;1-24-9-10-26-22-27(12-11-25(26)21-24)38-42-34-14-13-28(23-31(34)37)39-40-32-15-16-33(30-8-4-3-7-29(30)32)41-43-35-17-18-36(45-35)44-19-5-2-6-20-44/h2*4-5,8-19,22-24H,3,6-7,20-21H2,1-2H3;3-4,7-18,21-23H,2,5-6,19-20H2,1H3. The zero-order valence-electron chi connectivity index (χ0n) is 75.5. The normalized spacial score (nSPS) is 14.1. The van der Waals surface area contributed by atoms with E-state index >= 15 is 0 Å². The highest BCUT2D eigenvalue weighted by molar-refractivity contribution is 7.20. The largest absolute Gasteiger partial charge is 0.363 e. The molecule has 0 amide bonds. The summed E-state index contributed by atoms with van der Waals surface area (Å²) in [6, 6.07) is 102. The molecular weight excluding hydrogens is 1730 g/mol. The summed E-state index contributed by atoms with van der Waals surface area (Å²) < 4.78 is 14.9. The Labute approximate surface area is 794 Å². The molecule has 21 rings (SSSR count). The molecule has 0 radical (unpaired) electrons. The van der Waals surface area contributed by atoms with Crippen molar-refractivity contribution in [1.82, 2.24) is 0 Å². The fourth-order valence-corrected chi connectivity index (χ4v) is 19.4. The molecule has 3 fully saturated rings. The number of fused-ring (bicyclic) bond motifs is 6. The second-order valence-electron chi connectivity index (χ2n) is 33.9. The number of anilines is 3. The topological polar surface area (TPSA) is 232 Å². The summed E-state index contributed by atoms with van der Waals surface area (Å²) in [6.45, 7) is 17.0. The molecule has 0 N–H and O–H groups in total. The molecule has 21 nitrogen and oxygen atoms in total. The van der Waals surface area contributed by atoms with Gasteiger partial charge >= 0.3 is 0 Å². The van der Waals surface area contributed by atoms with E-state index in [1.807, 2.05) is 190 Å². The van der Waals surface area contributed by atoms with Crippen molar-refractivity contribution in [2.45, 2.75) is 92.4 Å². The Balaban J connectivity index is 0.000000130. The number of nitrogens with zero attached hydrogens (tertiary/aromatic N) is 21. The maximum absolute atomic E-state index is 14.9. The number of benzene rings is 15. The number of aryl methyl sites for hydroxylation is 5. The highest BCUT2D eigenvalue weighted by atomic mass is 32.1. The molecule has 0 spiro atoms. The molecule has 666 valence electrons. The van der Waals surface area contributed by atoms with Crippen LogP contribution >= 0.6 is 34.0 Å². The van der Waals surface area contributed by atoms with Crippen LogP contribution in [0.2, 0.25) is 0 Å². The number of hydrogen-bond acceptors (Lipinski definition) is 24. The monoisotopic (exact) mass is 1830 g/mol. The quantitative estimate of drug-likeness (QED) is 0.0639. The van der Waals surface area contributed by atoms with Crippen LogP contribution in [0.3, 0.4) is 0 Å². The minimum atomic E-state index is -0.524. The van der Waals surface area contributed by atoms with Crippen molar-refractivity contribution in [1.29, 1.82) is 0 Å². The summed E-state index contributed by atoms with van der Waals surface area (Å²) in [5.41, 5.74) is 16.1. The predicted octanol–water partition coefficient (Wildman–Crippen LogP) is 38.6. The minimum absolute atomic E-state index is 0.131. The Morgan fingerprint density at radius 1 is 0.200 bits per heavy atom. The van der Waals surface area contributed by atoms with Gasteiger partial charge in [0.05, 0.1) is 94.6 Å².